The maximum Gasteiger partial charge on any atom is 0.338 e. The van der Waals surface area contributed by atoms with Crippen molar-refractivity contribution in [3.63, 3.8) is 0 Å². The van der Waals surface area contributed by atoms with Crippen molar-refractivity contribution in [1.82, 2.24) is 10.6 Å². The molecule has 1 aliphatic rings. The Hall–Kier alpha value is -2.08. The Morgan fingerprint density at radius 2 is 2.04 bits per heavy atom. The minimum Gasteiger partial charge on any atom is -0.494 e. The SMILES string of the molecule is CCOc1ccccc1[C@H]1NC(=S)NC(C)=C1C(=O)OC(C)C. The van der Waals surface area contributed by atoms with Crippen molar-refractivity contribution in [1.29, 1.82) is 0 Å². The number of para-hydroxylation sites is 1. The maximum absolute atomic E-state index is 12.5. The molecule has 0 radical (unpaired) electrons. The Morgan fingerprint density at radius 3 is 2.70 bits per heavy atom. The van der Waals surface area contributed by atoms with Gasteiger partial charge in [0.05, 0.1) is 24.3 Å². The van der Waals surface area contributed by atoms with Crippen molar-refractivity contribution in [2.24, 2.45) is 0 Å². The molecule has 0 fully saturated rings. The molecule has 1 heterocycles. The molecule has 2 rings (SSSR count). The number of ether oxygens (including phenoxy) is 2. The van der Waals surface area contributed by atoms with Crippen molar-refractivity contribution in [3.8, 4) is 5.75 Å². The Labute approximate surface area is 142 Å². The van der Waals surface area contributed by atoms with E-state index in [4.69, 9.17) is 21.7 Å². The molecule has 1 atom stereocenters. The number of allylic oxidation sites excluding steroid dienone is 1. The lowest BCUT2D eigenvalue weighted by Crippen LogP contribution is -2.45. The summed E-state index contributed by atoms with van der Waals surface area (Å²) in [5.41, 5.74) is 2.06. The number of thiocarbonyl (C=S) groups is 1. The van der Waals surface area contributed by atoms with Crippen LogP contribution in [0.5, 0.6) is 5.75 Å². The third kappa shape index (κ3) is 4.01. The van der Waals surface area contributed by atoms with Crippen LogP contribution in [0.1, 0.15) is 39.3 Å². The normalized spacial score (nSPS) is 17.6. The van der Waals surface area contributed by atoms with Crippen LogP contribution in [-0.2, 0) is 9.53 Å². The predicted octanol–water partition coefficient (Wildman–Crippen LogP) is 2.83. The summed E-state index contributed by atoms with van der Waals surface area (Å²) in [5, 5.41) is 6.61. The molecule has 0 amide bonds. The second-order valence-corrected chi connectivity index (χ2v) is 5.90. The standard InChI is InChI=1S/C17H22N2O3S/c1-5-21-13-9-7-6-8-12(13)15-14(16(20)22-10(2)3)11(4)18-17(23)19-15/h6-10,15H,5H2,1-4H3,(H2,18,19,23)/t15-/m1/s1. The van der Waals surface area contributed by atoms with E-state index >= 15 is 0 Å². The molecule has 2 N–H and O–H groups in total. The van der Waals surface area contributed by atoms with E-state index in [0.717, 1.165) is 11.3 Å². The molecule has 5 nitrogen and oxygen atoms in total. The molecular formula is C17H22N2O3S. The fraction of sp³-hybridized carbons (Fsp3) is 0.412. The van der Waals surface area contributed by atoms with Gasteiger partial charge in [-0.3, -0.25) is 0 Å². The lowest BCUT2D eigenvalue weighted by atomic mass is 9.95. The predicted molar refractivity (Wildman–Crippen MR) is 93.1 cm³/mol. The zero-order valence-electron chi connectivity index (χ0n) is 13.8. The third-order valence-electron chi connectivity index (χ3n) is 3.36. The fourth-order valence-corrected chi connectivity index (χ4v) is 2.75. The van der Waals surface area contributed by atoms with E-state index < -0.39 is 6.04 Å². The Balaban J connectivity index is 2.47. The largest absolute Gasteiger partial charge is 0.494 e. The number of carbonyl (C=O) groups excluding carboxylic acids is 1. The summed E-state index contributed by atoms with van der Waals surface area (Å²) in [5.74, 6) is 0.358. The zero-order valence-corrected chi connectivity index (χ0v) is 14.6. The van der Waals surface area contributed by atoms with Crippen LogP contribution in [0.25, 0.3) is 0 Å². The molecule has 0 aromatic heterocycles. The summed E-state index contributed by atoms with van der Waals surface area (Å²) in [4.78, 5) is 12.5. The van der Waals surface area contributed by atoms with Crippen LogP contribution >= 0.6 is 12.2 Å². The molecule has 0 spiro atoms. The van der Waals surface area contributed by atoms with Gasteiger partial charge in [0.15, 0.2) is 5.11 Å². The van der Waals surface area contributed by atoms with E-state index in [1.807, 2.05) is 52.0 Å². The molecule has 23 heavy (non-hydrogen) atoms. The van der Waals surface area contributed by atoms with Gasteiger partial charge in [-0.15, -0.1) is 0 Å². The number of nitrogens with one attached hydrogen (secondary N) is 2. The molecule has 6 heteroatoms. The van der Waals surface area contributed by atoms with Crippen LogP contribution in [0, 0.1) is 0 Å². The number of hydrogen-bond donors (Lipinski definition) is 2. The van der Waals surface area contributed by atoms with E-state index in [2.05, 4.69) is 10.6 Å². The van der Waals surface area contributed by atoms with Crippen molar-refractivity contribution < 1.29 is 14.3 Å². The van der Waals surface area contributed by atoms with Crippen LogP contribution in [0.4, 0.5) is 0 Å². The van der Waals surface area contributed by atoms with Crippen molar-refractivity contribution in [3.05, 3.63) is 41.1 Å². The average molecular weight is 334 g/mol. The summed E-state index contributed by atoms with van der Waals surface area (Å²) < 4.78 is 11.1. The summed E-state index contributed by atoms with van der Waals surface area (Å²) >= 11 is 5.25. The third-order valence-corrected chi connectivity index (χ3v) is 3.58. The van der Waals surface area contributed by atoms with Crippen LogP contribution in [0.15, 0.2) is 35.5 Å². The molecule has 0 bridgehead atoms. The van der Waals surface area contributed by atoms with E-state index in [-0.39, 0.29) is 12.1 Å². The Bertz CT molecular complexity index is 640. The fourth-order valence-electron chi connectivity index (χ4n) is 2.48. The first-order valence-electron chi connectivity index (χ1n) is 7.65. The first-order chi connectivity index (χ1) is 10.9. The Kier molecular flexibility index (Phi) is 5.60. The van der Waals surface area contributed by atoms with E-state index in [9.17, 15) is 4.79 Å². The van der Waals surface area contributed by atoms with Gasteiger partial charge in [-0.1, -0.05) is 18.2 Å². The zero-order chi connectivity index (χ0) is 17.0. The summed E-state index contributed by atoms with van der Waals surface area (Å²) in [6, 6.07) is 7.21. The van der Waals surface area contributed by atoms with Crippen LogP contribution in [0.2, 0.25) is 0 Å². The maximum atomic E-state index is 12.5. The first kappa shape index (κ1) is 17.3. The highest BCUT2D eigenvalue weighted by atomic mass is 32.1. The lowest BCUT2D eigenvalue weighted by Gasteiger charge is -2.31. The van der Waals surface area contributed by atoms with E-state index in [0.29, 0.717) is 23.0 Å². The van der Waals surface area contributed by atoms with Gasteiger partial charge < -0.3 is 20.1 Å². The first-order valence-corrected chi connectivity index (χ1v) is 8.05. The van der Waals surface area contributed by atoms with Gasteiger partial charge in [0.1, 0.15) is 5.75 Å². The van der Waals surface area contributed by atoms with Gasteiger partial charge in [-0.05, 0) is 46.0 Å². The quantitative estimate of drug-likeness (QED) is 0.638. The monoisotopic (exact) mass is 334 g/mol. The van der Waals surface area contributed by atoms with Gasteiger partial charge in [0.2, 0.25) is 0 Å². The smallest absolute Gasteiger partial charge is 0.338 e. The van der Waals surface area contributed by atoms with Crippen molar-refractivity contribution in [2.75, 3.05) is 6.61 Å². The van der Waals surface area contributed by atoms with Crippen LogP contribution in [0.3, 0.4) is 0 Å². The van der Waals surface area contributed by atoms with Gasteiger partial charge in [0, 0.05) is 11.3 Å². The molecular weight excluding hydrogens is 312 g/mol. The molecule has 124 valence electrons. The molecule has 1 aliphatic heterocycles. The minimum absolute atomic E-state index is 0.195. The topological polar surface area (TPSA) is 59.6 Å². The highest BCUT2D eigenvalue weighted by Crippen LogP contribution is 2.33. The van der Waals surface area contributed by atoms with E-state index in [1.165, 1.54) is 0 Å². The summed E-state index contributed by atoms with van der Waals surface area (Å²) in [6.45, 7) is 7.93. The Morgan fingerprint density at radius 1 is 1.35 bits per heavy atom. The highest BCUT2D eigenvalue weighted by Gasteiger charge is 2.32. The second-order valence-electron chi connectivity index (χ2n) is 5.50. The van der Waals surface area contributed by atoms with Crippen molar-refractivity contribution in [2.45, 2.75) is 39.8 Å². The number of hydrogen-bond acceptors (Lipinski definition) is 4. The van der Waals surface area contributed by atoms with Gasteiger partial charge >= 0.3 is 5.97 Å². The molecule has 0 aliphatic carbocycles. The molecule has 0 saturated heterocycles. The number of benzene rings is 1. The van der Waals surface area contributed by atoms with Crippen molar-refractivity contribution >= 4 is 23.3 Å². The molecule has 0 unspecified atom stereocenters. The lowest BCUT2D eigenvalue weighted by molar-refractivity contribution is -0.143. The van der Waals surface area contributed by atoms with Crippen LogP contribution < -0.4 is 15.4 Å². The molecule has 0 saturated carbocycles. The number of rotatable bonds is 5. The number of carbonyl (C=O) groups is 1. The molecule has 1 aromatic carbocycles. The minimum atomic E-state index is -0.405. The molecule has 1 aromatic rings. The van der Waals surface area contributed by atoms with Gasteiger partial charge in [-0.25, -0.2) is 4.79 Å². The van der Waals surface area contributed by atoms with Gasteiger partial charge in [-0.2, -0.15) is 0 Å². The number of esters is 1. The van der Waals surface area contributed by atoms with Crippen LogP contribution in [-0.4, -0.2) is 23.8 Å². The van der Waals surface area contributed by atoms with Gasteiger partial charge in [0.25, 0.3) is 0 Å². The summed E-state index contributed by atoms with van der Waals surface area (Å²) in [6.07, 6.45) is -0.195. The van der Waals surface area contributed by atoms with E-state index in [1.54, 1.807) is 0 Å². The highest BCUT2D eigenvalue weighted by molar-refractivity contribution is 7.80. The summed E-state index contributed by atoms with van der Waals surface area (Å²) in [7, 11) is 0. The average Bonchev–Trinajstić information content (AvgIpc) is 2.46. The second kappa shape index (κ2) is 7.46.